The van der Waals surface area contributed by atoms with E-state index in [9.17, 15) is 29.8 Å². The molecule has 2 aromatic carbocycles. The lowest BCUT2D eigenvalue weighted by atomic mass is 9.35. The molecule has 4 fully saturated rings. The average molecular weight is 741 g/mol. The maximum atomic E-state index is 13.8. The second-order valence-corrected chi connectivity index (χ2v) is 19.2. The van der Waals surface area contributed by atoms with Gasteiger partial charge in [-0.2, -0.15) is 0 Å². The Hall–Kier alpha value is -4.08. The average Bonchev–Trinajstić information content (AvgIpc) is 3.49. The van der Waals surface area contributed by atoms with Crippen molar-refractivity contribution in [3.63, 3.8) is 0 Å². The summed E-state index contributed by atoms with van der Waals surface area (Å²) in [6.45, 7) is 19.1. The van der Waals surface area contributed by atoms with E-state index < -0.39 is 39.4 Å². The summed E-state index contributed by atoms with van der Waals surface area (Å²) in [5.74, 6) is 1.32. The van der Waals surface area contributed by atoms with E-state index in [4.69, 9.17) is 9.47 Å². The number of nitro groups is 2. The lowest BCUT2D eigenvalue weighted by Crippen LogP contribution is -2.64. The van der Waals surface area contributed by atoms with Gasteiger partial charge in [0.05, 0.1) is 21.0 Å². The molecule has 0 amide bonds. The van der Waals surface area contributed by atoms with Gasteiger partial charge in [0.1, 0.15) is 12.2 Å². The predicted molar refractivity (Wildman–Crippen MR) is 205 cm³/mol. The highest BCUT2D eigenvalue weighted by Gasteiger charge is 2.69. The number of carbonyl (C=O) groups excluding carboxylic acids is 2. The van der Waals surface area contributed by atoms with Crippen molar-refractivity contribution in [2.75, 3.05) is 0 Å². The molecule has 10 nitrogen and oxygen atoms in total. The summed E-state index contributed by atoms with van der Waals surface area (Å²) >= 11 is 0. The normalized spacial score (nSPS) is 37.8. The largest absolute Gasteiger partial charge is 0.455 e. The van der Waals surface area contributed by atoms with Crippen molar-refractivity contribution in [3.8, 4) is 0 Å². The molecule has 0 unspecified atom stereocenters. The van der Waals surface area contributed by atoms with Crippen LogP contribution < -0.4 is 0 Å². The van der Waals surface area contributed by atoms with Crippen LogP contribution in [-0.2, 0) is 9.47 Å². The van der Waals surface area contributed by atoms with Crippen LogP contribution in [0, 0.1) is 76.9 Å². The molecule has 0 bridgehead atoms. The van der Waals surface area contributed by atoms with Gasteiger partial charge in [-0.3, -0.25) is 20.2 Å². The minimum Gasteiger partial charge on any atom is -0.455 e. The minimum absolute atomic E-state index is 0.120. The Morgan fingerprint density at radius 1 is 0.722 bits per heavy atom. The molecule has 10 atom stereocenters. The summed E-state index contributed by atoms with van der Waals surface area (Å²) in [5.41, 5.74) is 1.22. The van der Waals surface area contributed by atoms with Gasteiger partial charge in [-0.15, -0.1) is 0 Å². The topological polar surface area (TPSA) is 139 Å². The maximum Gasteiger partial charge on any atom is 0.338 e. The van der Waals surface area contributed by atoms with Crippen LogP contribution in [0.4, 0.5) is 11.4 Å². The van der Waals surface area contributed by atoms with E-state index in [1.54, 1.807) is 0 Å². The van der Waals surface area contributed by atoms with Crippen LogP contribution in [0.25, 0.3) is 0 Å². The molecular weight excluding hydrogens is 684 g/mol. The first-order chi connectivity index (χ1) is 25.3. The van der Waals surface area contributed by atoms with Crippen LogP contribution in [0.2, 0.25) is 0 Å². The van der Waals surface area contributed by atoms with Crippen LogP contribution in [0.15, 0.2) is 60.2 Å². The lowest BCUT2D eigenvalue weighted by Gasteiger charge is -2.69. The molecule has 0 spiro atoms. The van der Waals surface area contributed by atoms with E-state index in [-0.39, 0.29) is 44.7 Å². The molecule has 0 heterocycles. The number of fused-ring (bicyclic) bond motifs is 7. The number of nitrogens with zero attached hydrogens (tertiary/aromatic N) is 2. The molecule has 0 aromatic heterocycles. The molecule has 5 aliphatic rings. The van der Waals surface area contributed by atoms with Gasteiger partial charge in [-0.05, 0) is 127 Å². The Morgan fingerprint density at radius 2 is 1.26 bits per heavy atom. The number of esters is 2. The fraction of sp³-hybridized carbons (Fsp3) is 0.636. The fourth-order valence-corrected chi connectivity index (χ4v) is 13.5. The van der Waals surface area contributed by atoms with Gasteiger partial charge in [-0.25, -0.2) is 9.59 Å². The molecule has 7 rings (SSSR count). The summed E-state index contributed by atoms with van der Waals surface area (Å²) < 4.78 is 12.7. The Balaban J connectivity index is 1.25. The Labute approximate surface area is 318 Å². The van der Waals surface area contributed by atoms with Gasteiger partial charge in [0.2, 0.25) is 0 Å². The third kappa shape index (κ3) is 5.63. The van der Waals surface area contributed by atoms with Crippen molar-refractivity contribution >= 4 is 23.3 Å². The van der Waals surface area contributed by atoms with E-state index >= 15 is 0 Å². The number of ether oxygens (including phenoxy) is 2. The van der Waals surface area contributed by atoms with E-state index in [2.05, 4.69) is 61.5 Å². The predicted octanol–water partition coefficient (Wildman–Crippen LogP) is 10.5. The number of carbonyl (C=O) groups is 2. The van der Waals surface area contributed by atoms with Gasteiger partial charge in [0, 0.05) is 29.7 Å². The smallest absolute Gasteiger partial charge is 0.338 e. The summed E-state index contributed by atoms with van der Waals surface area (Å²) in [7, 11) is 0. The van der Waals surface area contributed by atoms with Gasteiger partial charge in [0.15, 0.2) is 0 Å². The molecule has 0 saturated heterocycles. The van der Waals surface area contributed by atoms with Crippen LogP contribution in [0.5, 0.6) is 0 Å². The second kappa shape index (κ2) is 13.0. The third-order valence-electron chi connectivity index (χ3n) is 16.2. The standard InChI is InChI=1S/C44H56N2O8/c1-26(2)31-17-20-36-41(31,5)23-24-43(7)33-18-19-35-40(3,4)37(54-39(48)28-11-15-30(16-12-28)46(51)52)34(25-42(35,6)32(33)21-22-44(36,43)8)53-38(47)27-9-13-29(14-10-27)45(49)50/h9-16,21,26,31,33-37H,17-20,22-25H2,1-8H3/t31-,33+,34-,35+,36-,37+,41-,42-,43-,44+/m1/s1. The number of hydrogen-bond acceptors (Lipinski definition) is 8. The quantitative estimate of drug-likeness (QED) is 0.118. The van der Waals surface area contributed by atoms with Crippen molar-refractivity contribution in [2.45, 2.75) is 119 Å². The molecule has 0 radical (unpaired) electrons. The Kier molecular flexibility index (Phi) is 9.20. The third-order valence-corrected chi connectivity index (χ3v) is 16.2. The highest BCUT2D eigenvalue weighted by atomic mass is 16.6. The second-order valence-electron chi connectivity index (χ2n) is 19.2. The zero-order valence-electron chi connectivity index (χ0n) is 33.1. The van der Waals surface area contributed by atoms with Crippen LogP contribution >= 0.6 is 0 Å². The number of hydrogen-bond donors (Lipinski definition) is 0. The summed E-state index contributed by atoms with van der Waals surface area (Å²) in [4.78, 5) is 49.2. The zero-order valence-corrected chi connectivity index (χ0v) is 33.1. The van der Waals surface area contributed by atoms with Crippen LogP contribution in [0.3, 0.4) is 0 Å². The van der Waals surface area contributed by atoms with Crippen LogP contribution in [0.1, 0.15) is 127 Å². The van der Waals surface area contributed by atoms with E-state index in [0.29, 0.717) is 29.6 Å². The Morgan fingerprint density at radius 3 is 1.80 bits per heavy atom. The molecule has 0 aliphatic heterocycles. The number of rotatable bonds is 7. The monoisotopic (exact) mass is 740 g/mol. The molecule has 290 valence electrons. The van der Waals surface area contributed by atoms with Gasteiger partial charge in [-0.1, -0.05) is 67.0 Å². The van der Waals surface area contributed by atoms with Crippen molar-refractivity contribution in [1.29, 1.82) is 0 Å². The number of allylic oxidation sites excluding steroid dienone is 2. The number of benzene rings is 2. The maximum absolute atomic E-state index is 13.8. The molecule has 10 heteroatoms. The lowest BCUT2D eigenvalue weighted by molar-refractivity contribution is -0.385. The molecule has 5 aliphatic carbocycles. The van der Waals surface area contributed by atoms with Crippen molar-refractivity contribution in [2.24, 2.45) is 56.7 Å². The van der Waals surface area contributed by atoms with E-state index in [0.717, 1.165) is 25.2 Å². The molecular formula is C44H56N2O8. The first-order valence-corrected chi connectivity index (χ1v) is 19.9. The molecule has 54 heavy (non-hydrogen) atoms. The fourth-order valence-electron chi connectivity index (χ4n) is 13.5. The van der Waals surface area contributed by atoms with Gasteiger partial charge < -0.3 is 9.47 Å². The van der Waals surface area contributed by atoms with Gasteiger partial charge >= 0.3 is 11.9 Å². The summed E-state index contributed by atoms with van der Waals surface area (Å²) in [6, 6.07) is 10.7. The first kappa shape index (κ1) is 38.2. The highest BCUT2D eigenvalue weighted by molar-refractivity contribution is 5.90. The van der Waals surface area contributed by atoms with Crippen molar-refractivity contribution < 1.29 is 28.9 Å². The number of nitro benzene ring substituents is 2. The van der Waals surface area contributed by atoms with Crippen molar-refractivity contribution in [1.82, 2.24) is 0 Å². The van der Waals surface area contributed by atoms with E-state index in [1.165, 1.54) is 79.8 Å². The molecule has 0 N–H and O–H groups in total. The molecule has 4 saturated carbocycles. The highest BCUT2D eigenvalue weighted by Crippen LogP contribution is 2.76. The van der Waals surface area contributed by atoms with Gasteiger partial charge in [0.25, 0.3) is 11.4 Å². The van der Waals surface area contributed by atoms with Crippen molar-refractivity contribution in [3.05, 3.63) is 91.5 Å². The zero-order chi connectivity index (χ0) is 39.2. The molecule has 2 aromatic rings. The summed E-state index contributed by atoms with van der Waals surface area (Å²) in [5, 5.41) is 22.6. The first-order valence-electron chi connectivity index (χ1n) is 19.9. The SMILES string of the molecule is CC(C)[C@H]1CC[C@@H]2[C@]1(C)CC[C@]1(C)[C@H]3CC[C@H]4C(C)(C)[C@@H](OC(=O)c5ccc([N+](=O)[O-])cc5)[C@H](OC(=O)c5ccc([N+](=O)[O-])cc5)C[C@]4(C)C3=CC[C@@]21C. The number of non-ortho nitro benzene ring substituents is 2. The minimum atomic E-state index is -0.817. The summed E-state index contributed by atoms with van der Waals surface area (Å²) in [6.07, 6.45) is 9.46. The van der Waals surface area contributed by atoms with E-state index in [1.807, 2.05) is 0 Å². The Bertz CT molecular complexity index is 1890. The van der Waals surface area contributed by atoms with Crippen LogP contribution in [-0.4, -0.2) is 34.0 Å².